The van der Waals surface area contributed by atoms with Crippen molar-refractivity contribution in [2.75, 3.05) is 19.0 Å². The van der Waals surface area contributed by atoms with E-state index < -0.39 is 0 Å². The van der Waals surface area contributed by atoms with Crippen molar-refractivity contribution in [1.29, 1.82) is 0 Å². The van der Waals surface area contributed by atoms with Crippen molar-refractivity contribution >= 4 is 27.6 Å². The van der Waals surface area contributed by atoms with Gasteiger partial charge in [0.2, 0.25) is 0 Å². The molecule has 0 unspecified atom stereocenters. The third kappa shape index (κ3) is 1.57. The number of hydrogen-bond donors (Lipinski definition) is 0. The Morgan fingerprint density at radius 1 is 0.889 bits per heavy atom. The number of fused-ring (bicyclic) bond motifs is 3. The molecule has 0 spiro atoms. The van der Waals surface area contributed by atoms with Crippen LogP contribution >= 0.6 is 0 Å². The molecule has 2 nitrogen and oxygen atoms in total. The van der Waals surface area contributed by atoms with Crippen LogP contribution < -0.4 is 4.90 Å². The maximum atomic E-state index is 5.93. The van der Waals surface area contributed by atoms with Gasteiger partial charge in [-0.15, -0.1) is 0 Å². The first kappa shape index (κ1) is 11.1. The number of benzene rings is 2. The molecule has 1 aromatic heterocycles. The molecule has 2 heteroatoms. The first-order valence-electron chi connectivity index (χ1n) is 6.17. The molecule has 0 aliphatic heterocycles. The Morgan fingerprint density at radius 2 is 1.61 bits per heavy atom. The Bertz CT molecular complexity index is 738. The minimum atomic E-state index is 0.971. The fourth-order valence-electron chi connectivity index (χ4n) is 2.50. The van der Waals surface area contributed by atoms with Crippen LogP contribution in [0.4, 0.5) is 5.69 Å². The molecule has 0 radical (unpaired) electrons. The van der Waals surface area contributed by atoms with E-state index in [1.165, 1.54) is 27.6 Å². The molecule has 2 aromatic carbocycles. The van der Waals surface area contributed by atoms with E-state index in [4.69, 9.17) is 4.42 Å². The van der Waals surface area contributed by atoms with Gasteiger partial charge in [-0.05, 0) is 43.2 Å². The number of anilines is 1. The van der Waals surface area contributed by atoms with Gasteiger partial charge in [-0.2, -0.15) is 0 Å². The summed E-state index contributed by atoms with van der Waals surface area (Å²) in [4.78, 5) is 2.14. The standard InChI is InChI=1S/C16H17NO/c1-10-5-6-12-13-9-14(17(3)4)11(2)8-16(13)18-15(12)7-10/h5-9H,1-4H3. The zero-order valence-electron chi connectivity index (χ0n) is 11.2. The minimum absolute atomic E-state index is 0.971. The second-order valence-electron chi connectivity index (χ2n) is 5.13. The van der Waals surface area contributed by atoms with Gasteiger partial charge in [0.25, 0.3) is 0 Å². The van der Waals surface area contributed by atoms with Crippen LogP contribution in [0.2, 0.25) is 0 Å². The number of nitrogens with zero attached hydrogens (tertiary/aromatic N) is 1. The molecule has 18 heavy (non-hydrogen) atoms. The zero-order chi connectivity index (χ0) is 12.9. The summed E-state index contributed by atoms with van der Waals surface area (Å²) in [6.07, 6.45) is 0. The van der Waals surface area contributed by atoms with Crippen LogP contribution in [0.1, 0.15) is 11.1 Å². The van der Waals surface area contributed by atoms with Crippen LogP contribution in [0.5, 0.6) is 0 Å². The van der Waals surface area contributed by atoms with Gasteiger partial charge in [0.05, 0.1) is 0 Å². The Balaban J connectivity index is 2.41. The molecule has 0 saturated heterocycles. The van der Waals surface area contributed by atoms with Gasteiger partial charge >= 0.3 is 0 Å². The minimum Gasteiger partial charge on any atom is -0.456 e. The number of hydrogen-bond acceptors (Lipinski definition) is 2. The second-order valence-corrected chi connectivity index (χ2v) is 5.13. The van der Waals surface area contributed by atoms with Crippen LogP contribution in [0, 0.1) is 13.8 Å². The van der Waals surface area contributed by atoms with E-state index >= 15 is 0 Å². The summed E-state index contributed by atoms with van der Waals surface area (Å²) in [5, 5.41) is 2.39. The normalized spacial score (nSPS) is 11.3. The summed E-state index contributed by atoms with van der Waals surface area (Å²) in [6.45, 7) is 4.20. The molecule has 0 saturated carbocycles. The first-order valence-corrected chi connectivity index (χ1v) is 6.17. The van der Waals surface area contributed by atoms with Crippen molar-refractivity contribution in [2.24, 2.45) is 0 Å². The molecular formula is C16H17NO. The Labute approximate surface area is 107 Å². The van der Waals surface area contributed by atoms with Crippen molar-refractivity contribution in [3.05, 3.63) is 41.5 Å². The van der Waals surface area contributed by atoms with Gasteiger partial charge in [-0.1, -0.05) is 12.1 Å². The first-order chi connectivity index (χ1) is 8.56. The lowest BCUT2D eigenvalue weighted by Crippen LogP contribution is -2.09. The average molecular weight is 239 g/mol. The monoisotopic (exact) mass is 239 g/mol. The molecule has 3 rings (SSSR count). The molecule has 0 aliphatic carbocycles. The number of rotatable bonds is 1. The Morgan fingerprint density at radius 3 is 2.33 bits per heavy atom. The van der Waals surface area contributed by atoms with Crippen LogP contribution in [-0.2, 0) is 0 Å². The van der Waals surface area contributed by atoms with Gasteiger partial charge in [-0.25, -0.2) is 0 Å². The van der Waals surface area contributed by atoms with E-state index in [9.17, 15) is 0 Å². The summed E-state index contributed by atoms with van der Waals surface area (Å²) in [5.41, 5.74) is 5.65. The molecule has 92 valence electrons. The summed E-state index contributed by atoms with van der Waals surface area (Å²) in [7, 11) is 4.14. The largest absolute Gasteiger partial charge is 0.456 e. The lowest BCUT2D eigenvalue weighted by Gasteiger charge is -2.15. The van der Waals surface area contributed by atoms with Gasteiger partial charge in [0.1, 0.15) is 11.2 Å². The third-order valence-electron chi connectivity index (χ3n) is 3.43. The highest BCUT2D eigenvalue weighted by Crippen LogP contribution is 2.33. The van der Waals surface area contributed by atoms with Crippen LogP contribution in [0.25, 0.3) is 21.9 Å². The van der Waals surface area contributed by atoms with Gasteiger partial charge in [-0.3, -0.25) is 0 Å². The highest BCUT2D eigenvalue weighted by molar-refractivity contribution is 6.06. The van der Waals surface area contributed by atoms with E-state index in [0.29, 0.717) is 0 Å². The topological polar surface area (TPSA) is 16.4 Å². The van der Waals surface area contributed by atoms with Crippen LogP contribution in [0.3, 0.4) is 0 Å². The SMILES string of the molecule is Cc1ccc2c(c1)oc1cc(C)c(N(C)C)cc12. The van der Waals surface area contributed by atoms with Crippen molar-refractivity contribution in [2.45, 2.75) is 13.8 Å². The average Bonchev–Trinajstić information content (AvgIpc) is 2.63. The fraction of sp³-hybridized carbons (Fsp3) is 0.250. The smallest absolute Gasteiger partial charge is 0.135 e. The number of furan rings is 1. The van der Waals surface area contributed by atoms with Crippen molar-refractivity contribution in [1.82, 2.24) is 0 Å². The van der Waals surface area contributed by atoms with Crippen LogP contribution in [-0.4, -0.2) is 14.1 Å². The molecule has 0 aliphatic rings. The molecule has 0 atom stereocenters. The highest BCUT2D eigenvalue weighted by Gasteiger charge is 2.10. The zero-order valence-corrected chi connectivity index (χ0v) is 11.2. The summed E-state index contributed by atoms with van der Waals surface area (Å²) >= 11 is 0. The van der Waals surface area contributed by atoms with Crippen molar-refractivity contribution < 1.29 is 4.42 Å². The molecule has 1 heterocycles. The van der Waals surface area contributed by atoms with E-state index in [1.807, 2.05) is 0 Å². The van der Waals surface area contributed by atoms with E-state index in [-0.39, 0.29) is 0 Å². The molecule has 3 aromatic rings. The van der Waals surface area contributed by atoms with E-state index in [0.717, 1.165) is 11.2 Å². The fourth-order valence-corrected chi connectivity index (χ4v) is 2.50. The summed E-state index contributed by atoms with van der Waals surface area (Å²) in [6, 6.07) is 10.7. The lowest BCUT2D eigenvalue weighted by molar-refractivity contribution is 0.668. The van der Waals surface area contributed by atoms with Crippen molar-refractivity contribution in [3.63, 3.8) is 0 Å². The lowest BCUT2D eigenvalue weighted by atomic mass is 10.1. The molecule has 0 amide bonds. The highest BCUT2D eigenvalue weighted by atomic mass is 16.3. The maximum Gasteiger partial charge on any atom is 0.135 e. The Hall–Kier alpha value is -1.96. The third-order valence-corrected chi connectivity index (χ3v) is 3.43. The molecule has 0 bridgehead atoms. The number of aryl methyl sites for hydroxylation is 2. The maximum absolute atomic E-state index is 5.93. The van der Waals surface area contributed by atoms with Gasteiger partial charge < -0.3 is 9.32 Å². The summed E-state index contributed by atoms with van der Waals surface area (Å²) in [5.74, 6) is 0. The Kier molecular flexibility index (Phi) is 2.34. The summed E-state index contributed by atoms with van der Waals surface area (Å²) < 4.78 is 5.93. The van der Waals surface area contributed by atoms with Crippen LogP contribution in [0.15, 0.2) is 34.7 Å². The molecule has 0 N–H and O–H groups in total. The van der Waals surface area contributed by atoms with E-state index in [1.54, 1.807) is 0 Å². The van der Waals surface area contributed by atoms with Crippen molar-refractivity contribution in [3.8, 4) is 0 Å². The molecular weight excluding hydrogens is 222 g/mol. The van der Waals surface area contributed by atoms with Gasteiger partial charge in [0.15, 0.2) is 0 Å². The van der Waals surface area contributed by atoms with Gasteiger partial charge in [0, 0.05) is 30.6 Å². The second kappa shape index (κ2) is 3.77. The molecule has 0 fully saturated rings. The quantitative estimate of drug-likeness (QED) is 0.630. The predicted octanol–water partition coefficient (Wildman–Crippen LogP) is 4.27. The predicted molar refractivity (Wildman–Crippen MR) is 77.5 cm³/mol. The van der Waals surface area contributed by atoms with E-state index in [2.05, 4.69) is 63.2 Å².